The molecule has 2 rings (SSSR count). The van der Waals surface area contributed by atoms with Crippen LogP contribution in [0.1, 0.15) is 22.8 Å². The summed E-state index contributed by atoms with van der Waals surface area (Å²) in [6, 6.07) is 11.2. The summed E-state index contributed by atoms with van der Waals surface area (Å²) in [7, 11) is 3.18. The van der Waals surface area contributed by atoms with Gasteiger partial charge in [0.05, 0.1) is 32.0 Å². The van der Waals surface area contributed by atoms with Crippen molar-refractivity contribution in [3.63, 3.8) is 0 Å². The number of quaternary nitrogens is 1. The van der Waals surface area contributed by atoms with Crippen molar-refractivity contribution in [2.24, 2.45) is 0 Å². The molecule has 1 atom stereocenters. The van der Waals surface area contributed by atoms with Gasteiger partial charge in [-0.3, -0.25) is 4.79 Å². The summed E-state index contributed by atoms with van der Waals surface area (Å²) in [5.74, 6) is -0.656. The highest BCUT2D eigenvalue weighted by Gasteiger charge is 2.17. The van der Waals surface area contributed by atoms with Crippen molar-refractivity contribution in [3.8, 4) is 11.5 Å². The zero-order chi connectivity index (χ0) is 22.1. The number of esters is 1. The maximum absolute atomic E-state index is 12.4. The Balaban J connectivity index is 1.99. The molecule has 30 heavy (non-hydrogen) atoms. The number of likely N-dealkylation sites (N-methyl/N-ethyl adjacent to an activating group) is 1. The van der Waals surface area contributed by atoms with Crippen LogP contribution in [0.2, 0.25) is 0 Å². The first-order chi connectivity index (χ1) is 14.3. The maximum Gasteiger partial charge on any atom is 0.387 e. The first-order valence-electron chi connectivity index (χ1n) is 9.33. The molecule has 2 aromatic carbocycles. The molecule has 0 spiro atoms. The van der Waals surface area contributed by atoms with Crippen molar-refractivity contribution in [1.29, 1.82) is 0 Å². The number of alkyl halides is 2. The highest BCUT2D eigenvalue weighted by Crippen LogP contribution is 2.29. The van der Waals surface area contributed by atoms with Crippen molar-refractivity contribution >= 4 is 17.6 Å². The molecule has 0 bridgehead atoms. The lowest BCUT2D eigenvalue weighted by molar-refractivity contribution is -0.885. The van der Waals surface area contributed by atoms with Gasteiger partial charge in [-0.2, -0.15) is 8.78 Å². The van der Waals surface area contributed by atoms with E-state index in [1.165, 1.54) is 13.2 Å². The number of methoxy groups -OCH3 is 1. The highest BCUT2D eigenvalue weighted by molar-refractivity contribution is 6.01. The van der Waals surface area contributed by atoms with Crippen LogP contribution in [-0.2, 0) is 16.1 Å². The Morgan fingerprint density at radius 1 is 1.13 bits per heavy atom. The number of hydrogen-bond donors (Lipinski definition) is 2. The molecule has 1 unspecified atom stereocenters. The van der Waals surface area contributed by atoms with Gasteiger partial charge in [-0.1, -0.05) is 12.1 Å². The van der Waals surface area contributed by atoms with Crippen molar-refractivity contribution in [2.75, 3.05) is 32.6 Å². The van der Waals surface area contributed by atoms with Gasteiger partial charge in [-0.05, 0) is 37.3 Å². The standard InChI is InChI=1S/C21H24F2N2O5/c1-4-29-20(27)15-7-5-6-8-16(15)24-19(26)13-25(2)12-14-9-10-17(30-21(22)23)18(11-14)28-3/h5-11,21H,4,12-13H2,1-3H3,(H,24,26)/p+1. The number of halogens is 2. The van der Waals surface area contributed by atoms with E-state index in [9.17, 15) is 18.4 Å². The number of benzene rings is 2. The fourth-order valence-corrected chi connectivity index (χ4v) is 2.87. The lowest BCUT2D eigenvalue weighted by Gasteiger charge is -2.16. The summed E-state index contributed by atoms with van der Waals surface area (Å²) < 4.78 is 39.4. The Morgan fingerprint density at radius 3 is 2.53 bits per heavy atom. The fraction of sp³-hybridized carbons (Fsp3) is 0.333. The van der Waals surface area contributed by atoms with Crippen LogP contribution in [0.5, 0.6) is 11.5 Å². The van der Waals surface area contributed by atoms with Gasteiger partial charge in [-0.25, -0.2) is 4.79 Å². The molecular weight excluding hydrogens is 398 g/mol. The average molecular weight is 423 g/mol. The normalized spacial score (nSPS) is 11.7. The Labute approximate surface area is 173 Å². The lowest BCUT2D eigenvalue weighted by atomic mass is 10.1. The minimum absolute atomic E-state index is 0.0535. The second kappa shape index (κ2) is 11.1. The smallest absolute Gasteiger partial charge is 0.387 e. The van der Waals surface area contributed by atoms with Crippen LogP contribution in [0.4, 0.5) is 14.5 Å². The molecule has 0 aromatic heterocycles. The maximum atomic E-state index is 12.4. The van der Waals surface area contributed by atoms with Gasteiger partial charge in [0.15, 0.2) is 18.0 Å². The van der Waals surface area contributed by atoms with Gasteiger partial charge in [0, 0.05) is 5.56 Å². The molecule has 2 N–H and O–H groups in total. The summed E-state index contributed by atoms with van der Waals surface area (Å²) in [5.41, 5.74) is 1.44. The molecule has 7 nitrogen and oxygen atoms in total. The largest absolute Gasteiger partial charge is 0.493 e. The number of ether oxygens (including phenoxy) is 3. The first kappa shape index (κ1) is 23.1. The van der Waals surface area contributed by atoms with E-state index in [-0.39, 0.29) is 36.1 Å². The number of nitrogens with one attached hydrogen (secondary N) is 2. The number of anilines is 1. The summed E-state index contributed by atoms with van der Waals surface area (Å²) in [6.45, 7) is -0.441. The second-order valence-electron chi connectivity index (χ2n) is 6.49. The zero-order valence-electron chi connectivity index (χ0n) is 17.0. The number of carbonyl (C=O) groups is 2. The van der Waals surface area contributed by atoms with Crippen molar-refractivity contribution in [3.05, 3.63) is 53.6 Å². The molecule has 0 fully saturated rings. The van der Waals surface area contributed by atoms with E-state index in [0.29, 0.717) is 12.2 Å². The molecule has 2 aromatic rings. The Kier molecular flexibility index (Phi) is 8.54. The minimum Gasteiger partial charge on any atom is -0.493 e. The van der Waals surface area contributed by atoms with Crippen molar-refractivity contribution in [1.82, 2.24) is 0 Å². The van der Waals surface area contributed by atoms with E-state index in [0.717, 1.165) is 10.5 Å². The third-order valence-electron chi connectivity index (χ3n) is 4.11. The monoisotopic (exact) mass is 423 g/mol. The first-order valence-corrected chi connectivity index (χ1v) is 9.33. The van der Waals surface area contributed by atoms with Crippen molar-refractivity contribution in [2.45, 2.75) is 20.1 Å². The van der Waals surface area contributed by atoms with E-state index in [2.05, 4.69) is 10.1 Å². The number of hydrogen-bond acceptors (Lipinski definition) is 5. The second-order valence-corrected chi connectivity index (χ2v) is 6.49. The molecule has 0 saturated carbocycles. The van der Waals surface area contributed by atoms with Crippen LogP contribution in [0, 0.1) is 0 Å². The summed E-state index contributed by atoms with van der Waals surface area (Å²) >= 11 is 0. The fourth-order valence-electron chi connectivity index (χ4n) is 2.87. The van der Waals surface area contributed by atoms with E-state index < -0.39 is 12.6 Å². The quantitative estimate of drug-likeness (QED) is 0.573. The Bertz CT molecular complexity index is 876. The summed E-state index contributed by atoms with van der Waals surface area (Å²) in [4.78, 5) is 25.3. The van der Waals surface area contributed by atoms with Gasteiger partial charge in [0.1, 0.15) is 6.54 Å². The number of amides is 1. The van der Waals surface area contributed by atoms with E-state index in [1.54, 1.807) is 43.3 Å². The van der Waals surface area contributed by atoms with E-state index in [4.69, 9.17) is 9.47 Å². The van der Waals surface area contributed by atoms with Crippen LogP contribution >= 0.6 is 0 Å². The SMILES string of the molecule is CCOC(=O)c1ccccc1NC(=O)C[NH+](C)Cc1ccc(OC(F)F)c(OC)c1. The highest BCUT2D eigenvalue weighted by atomic mass is 19.3. The van der Waals surface area contributed by atoms with Crippen LogP contribution < -0.4 is 19.7 Å². The molecule has 0 heterocycles. The third-order valence-corrected chi connectivity index (χ3v) is 4.11. The molecule has 0 aliphatic rings. The number of carbonyl (C=O) groups excluding carboxylic acids is 2. The predicted molar refractivity (Wildman–Crippen MR) is 106 cm³/mol. The molecule has 9 heteroatoms. The van der Waals surface area contributed by atoms with Gasteiger partial charge in [0.2, 0.25) is 0 Å². The van der Waals surface area contributed by atoms with Gasteiger partial charge in [0.25, 0.3) is 5.91 Å². The van der Waals surface area contributed by atoms with Gasteiger partial charge in [-0.15, -0.1) is 0 Å². The number of rotatable bonds is 10. The molecule has 162 valence electrons. The molecule has 0 saturated heterocycles. The summed E-state index contributed by atoms with van der Waals surface area (Å²) in [5, 5.41) is 2.73. The molecule has 0 aliphatic carbocycles. The van der Waals surface area contributed by atoms with Gasteiger partial charge < -0.3 is 24.4 Å². The number of para-hydroxylation sites is 1. The van der Waals surface area contributed by atoms with E-state index in [1.807, 2.05) is 7.05 Å². The van der Waals surface area contributed by atoms with Crippen molar-refractivity contribution < 1.29 is 37.5 Å². The third kappa shape index (κ3) is 6.70. The Morgan fingerprint density at radius 2 is 1.87 bits per heavy atom. The Hall–Kier alpha value is -3.20. The summed E-state index contributed by atoms with van der Waals surface area (Å²) in [6.07, 6.45) is 0. The molecular formula is C21H25F2N2O5+. The van der Waals surface area contributed by atoms with Crippen LogP contribution in [-0.4, -0.2) is 45.8 Å². The average Bonchev–Trinajstić information content (AvgIpc) is 2.69. The minimum atomic E-state index is -2.95. The van der Waals surface area contributed by atoms with Crippen LogP contribution in [0.25, 0.3) is 0 Å². The lowest BCUT2D eigenvalue weighted by Crippen LogP contribution is -3.08. The zero-order valence-corrected chi connectivity index (χ0v) is 17.0. The predicted octanol–water partition coefficient (Wildman–Crippen LogP) is 2.13. The van der Waals surface area contributed by atoms with Gasteiger partial charge >= 0.3 is 12.6 Å². The topological polar surface area (TPSA) is 78.3 Å². The molecule has 0 radical (unpaired) electrons. The molecule has 1 amide bonds. The van der Waals surface area contributed by atoms with E-state index >= 15 is 0 Å². The molecule has 0 aliphatic heterocycles. The van der Waals surface area contributed by atoms with Crippen LogP contribution in [0.15, 0.2) is 42.5 Å². The van der Waals surface area contributed by atoms with Crippen LogP contribution in [0.3, 0.4) is 0 Å².